The zero-order valence-electron chi connectivity index (χ0n) is 19.3. The van der Waals surface area contributed by atoms with E-state index >= 15 is 0 Å². The van der Waals surface area contributed by atoms with Gasteiger partial charge in [0, 0.05) is 23.4 Å². The summed E-state index contributed by atoms with van der Waals surface area (Å²) < 4.78 is 29.4. The van der Waals surface area contributed by atoms with Crippen molar-refractivity contribution in [1.29, 1.82) is 5.41 Å². The molecule has 0 aliphatic heterocycles. The van der Waals surface area contributed by atoms with Gasteiger partial charge in [-0.25, -0.2) is 13.4 Å². The summed E-state index contributed by atoms with van der Waals surface area (Å²) in [5.41, 5.74) is 10.2. The summed E-state index contributed by atoms with van der Waals surface area (Å²) in [4.78, 5) is 17.2. The van der Waals surface area contributed by atoms with E-state index in [1.54, 1.807) is 66.2 Å². The van der Waals surface area contributed by atoms with Crippen molar-refractivity contribution in [2.24, 2.45) is 5.73 Å². The highest BCUT2D eigenvalue weighted by atomic mass is 35.5. The predicted molar refractivity (Wildman–Crippen MR) is 150 cm³/mol. The number of nitrogen functional groups attached to an aromatic ring is 1. The number of nitrogens with one attached hydrogen (secondary N) is 3. The Balaban J connectivity index is 0.00000320. The fraction of sp³-hybridized carbons (Fsp3) is 0.0385. The third kappa shape index (κ3) is 5.56. The Hall–Kier alpha value is -3.99. The number of rotatable bonds is 7. The minimum Gasteiger partial charge on any atom is -0.384 e. The van der Waals surface area contributed by atoms with Crippen LogP contribution in [0.5, 0.6) is 0 Å². The molecule has 8 nitrogen and oxygen atoms in total. The molecule has 5 aromatic rings. The van der Waals surface area contributed by atoms with Crippen LogP contribution < -0.4 is 15.8 Å². The molecule has 0 atom stereocenters. The van der Waals surface area contributed by atoms with Gasteiger partial charge in [0.1, 0.15) is 5.84 Å². The van der Waals surface area contributed by atoms with Crippen molar-refractivity contribution >= 4 is 72.2 Å². The molecule has 0 saturated carbocycles. The number of carbonyl (C=O) groups excluding carboxylic acids is 1. The van der Waals surface area contributed by atoms with Crippen LogP contribution in [0.25, 0.3) is 21.0 Å². The maximum absolute atomic E-state index is 12.9. The number of benzene rings is 4. The normalized spacial score (nSPS) is 11.1. The van der Waals surface area contributed by atoms with Crippen molar-refractivity contribution in [2.75, 3.05) is 4.72 Å². The lowest BCUT2D eigenvalue weighted by atomic mass is 10.0. The van der Waals surface area contributed by atoms with Crippen LogP contribution in [-0.2, 0) is 16.6 Å². The quantitative estimate of drug-likeness (QED) is 0.168. The summed E-state index contributed by atoms with van der Waals surface area (Å²) in [5, 5.41) is 11.8. The van der Waals surface area contributed by atoms with Gasteiger partial charge >= 0.3 is 0 Å². The van der Waals surface area contributed by atoms with E-state index in [1.807, 2.05) is 18.2 Å². The van der Waals surface area contributed by atoms with Crippen LogP contribution in [-0.4, -0.2) is 25.1 Å². The summed E-state index contributed by atoms with van der Waals surface area (Å²) in [6.07, 6.45) is 0. The molecule has 0 radical (unpaired) electrons. The van der Waals surface area contributed by atoms with E-state index in [0.29, 0.717) is 34.3 Å². The molecular weight excluding hydrogens is 530 g/mol. The van der Waals surface area contributed by atoms with Gasteiger partial charge < -0.3 is 11.1 Å². The van der Waals surface area contributed by atoms with Crippen molar-refractivity contribution in [2.45, 2.75) is 11.4 Å². The Kier molecular flexibility index (Phi) is 7.44. The lowest BCUT2D eigenvalue weighted by molar-refractivity contribution is 0.0952. The van der Waals surface area contributed by atoms with Gasteiger partial charge in [0.2, 0.25) is 0 Å². The van der Waals surface area contributed by atoms with Gasteiger partial charge in [-0.15, -0.1) is 23.7 Å². The summed E-state index contributed by atoms with van der Waals surface area (Å²) in [5.74, 6) is -0.260. The van der Waals surface area contributed by atoms with Crippen molar-refractivity contribution < 1.29 is 13.2 Å². The number of fused-ring (bicyclic) bond motifs is 2. The number of nitrogens with zero attached hydrogens (tertiary/aromatic N) is 1. The second-order valence-corrected chi connectivity index (χ2v) is 10.7. The molecule has 1 amide bonds. The molecule has 0 aliphatic rings. The molecule has 0 aliphatic carbocycles. The smallest absolute Gasteiger partial charge is 0.261 e. The van der Waals surface area contributed by atoms with Gasteiger partial charge in [-0.05, 0) is 52.7 Å². The molecule has 5 rings (SSSR count). The third-order valence-corrected chi connectivity index (χ3v) is 7.90. The predicted octanol–water partition coefficient (Wildman–Crippen LogP) is 4.89. The number of amidine groups is 1. The average molecular weight is 552 g/mol. The highest BCUT2D eigenvalue weighted by molar-refractivity contribution is 7.92. The molecule has 4 aromatic carbocycles. The van der Waals surface area contributed by atoms with E-state index < -0.39 is 10.0 Å². The molecule has 5 N–H and O–H groups in total. The maximum Gasteiger partial charge on any atom is 0.261 e. The number of hydrogen-bond acceptors (Lipinski definition) is 6. The first-order valence-electron chi connectivity index (χ1n) is 10.9. The molecule has 0 spiro atoms. The molecule has 11 heteroatoms. The Morgan fingerprint density at radius 2 is 1.78 bits per heavy atom. The number of hydrogen-bond donors (Lipinski definition) is 4. The highest BCUT2D eigenvalue weighted by Gasteiger charge is 2.17. The molecule has 37 heavy (non-hydrogen) atoms. The Bertz CT molecular complexity index is 1730. The number of halogens is 1. The monoisotopic (exact) mass is 551 g/mol. The second-order valence-electron chi connectivity index (χ2n) is 8.12. The zero-order valence-corrected chi connectivity index (χ0v) is 21.7. The Morgan fingerprint density at radius 1 is 1.00 bits per heavy atom. The van der Waals surface area contributed by atoms with Crippen molar-refractivity contribution in [1.82, 2.24) is 10.3 Å². The maximum atomic E-state index is 12.9. The van der Waals surface area contributed by atoms with Crippen LogP contribution in [0.1, 0.15) is 21.5 Å². The van der Waals surface area contributed by atoms with E-state index in [-0.39, 0.29) is 29.0 Å². The van der Waals surface area contributed by atoms with E-state index in [4.69, 9.17) is 11.1 Å². The largest absolute Gasteiger partial charge is 0.384 e. The van der Waals surface area contributed by atoms with Gasteiger partial charge in [-0.2, -0.15) is 0 Å². The number of anilines is 1. The standard InChI is InChI=1S/C26H21N5O3S2.ClH/c27-25(28)17-6-4-16(5-7-17)14-29-26(32)22-3-1-2-18-12-19(8-10-21(18)22)31-36(33,34)20-9-11-24-23(13-20)30-15-35-24;/h1-13,15,31H,14H2,(H3,27,28)(H,29,32);1H. The van der Waals surface area contributed by atoms with Crippen LogP contribution in [0, 0.1) is 5.41 Å². The first-order valence-corrected chi connectivity index (χ1v) is 13.3. The SMILES string of the molecule is Cl.N=C(N)c1ccc(CNC(=O)c2cccc3cc(NS(=O)(=O)c4ccc5scnc5c4)ccc23)cc1. The van der Waals surface area contributed by atoms with E-state index in [1.165, 1.54) is 11.3 Å². The lowest BCUT2D eigenvalue weighted by Crippen LogP contribution is -2.23. The van der Waals surface area contributed by atoms with E-state index in [2.05, 4.69) is 15.0 Å². The Morgan fingerprint density at radius 3 is 2.54 bits per heavy atom. The average Bonchev–Trinajstić information content (AvgIpc) is 3.35. The highest BCUT2D eigenvalue weighted by Crippen LogP contribution is 2.26. The molecule has 0 saturated heterocycles. The van der Waals surface area contributed by atoms with Gasteiger partial charge in [0.05, 0.1) is 20.6 Å². The van der Waals surface area contributed by atoms with Crippen molar-refractivity contribution in [3.8, 4) is 0 Å². The summed E-state index contributed by atoms with van der Waals surface area (Å²) in [6, 6.07) is 22.3. The Labute approximate surface area is 223 Å². The summed E-state index contributed by atoms with van der Waals surface area (Å²) in [7, 11) is -3.81. The molecular formula is C26H22ClN5O3S2. The fourth-order valence-corrected chi connectivity index (χ4v) is 5.57. The zero-order chi connectivity index (χ0) is 25.3. The molecule has 0 fully saturated rings. The van der Waals surface area contributed by atoms with Crippen LogP contribution in [0.3, 0.4) is 0 Å². The minimum atomic E-state index is -3.81. The van der Waals surface area contributed by atoms with Crippen molar-refractivity contribution in [3.63, 3.8) is 0 Å². The van der Waals surface area contributed by atoms with E-state index in [9.17, 15) is 13.2 Å². The number of carbonyl (C=O) groups is 1. The van der Waals surface area contributed by atoms with Crippen LogP contribution in [0.2, 0.25) is 0 Å². The van der Waals surface area contributed by atoms with Crippen LogP contribution in [0.4, 0.5) is 5.69 Å². The van der Waals surface area contributed by atoms with Crippen molar-refractivity contribution in [3.05, 3.63) is 101 Å². The van der Waals surface area contributed by atoms with Gasteiger partial charge in [0.15, 0.2) is 0 Å². The van der Waals surface area contributed by atoms with Crippen LogP contribution in [0.15, 0.2) is 89.3 Å². The lowest BCUT2D eigenvalue weighted by Gasteiger charge is -2.12. The molecule has 1 heterocycles. The van der Waals surface area contributed by atoms with Gasteiger partial charge in [-0.3, -0.25) is 14.9 Å². The fourth-order valence-electron chi connectivity index (χ4n) is 3.84. The number of aromatic nitrogens is 1. The number of sulfonamides is 1. The third-order valence-electron chi connectivity index (χ3n) is 5.71. The van der Waals surface area contributed by atoms with Gasteiger partial charge in [0.25, 0.3) is 15.9 Å². The van der Waals surface area contributed by atoms with Crippen LogP contribution >= 0.6 is 23.7 Å². The molecule has 0 unspecified atom stereocenters. The molecule has 0 bridgehead atoms. The number of amides is 1. The summed E-state index contributed by atoms with van der Waals surface area (Å²) >= 11 is 1.45. The first-order chi connectivity index (χ1) is 17.3. The minimum absolute atomic E-state index is 0. The summed E-state index contributed by atoms with van der Waals surface area (Å²) in [6.45, 7) is 0.314. The topological polar surface area (TPSA) is 138 Å². The van der Waals surface area contributed by atoms with E-state index in [0.717, 1.165) is 15.6 Å². The number of thiazole rings is 1. The van der Waals surface area contributed by atoms with Gasteiger partial charge in [-0.1, -0.05) is 42.5 Å². The number of nitrogens with two attached hydrogens (primary N) is 1. The second kappa shape index (κ2) is 10.6. The molecule has 1 aromatic heterocycles. The first kappa shape index (κ1) is 26.1. The molecule has 188 valence electrons.